The van der Waals surface area contributed by atoms with E-state index in [0.29, 0.717) is 13.0 Å². The topological polar surface area (TPSA) is 69.7 Å². The highest BCUT2D eigenvalue weighted by molar-refractivity contribution is 6.08. The van der Waals surface area contributed by atoms with E-state index < -0.39 is 5.54 Å². The minimum absolute atomic E-state index is 0.0606. The van der Waals surface area contributed by atoms with Crippen LogP contribution in [0.1, 0.15) is 46.0 Å². The van der Waals surface area contributed by atoms with Gasteiger partial charge in [-0.2, -0.15) is 0 Å². The predicted octanol–water partition coefficient (Wildman–Crippen LogP) is 4.39. The molecule has 2 heterocycles. The van der Waals surface area contributed by atoms with Crippen LogP contribution < -0.4 is 15.1 Å². The average Bonchev–Trinajstić information content (AvgIpc) is 3.17. The number of ketones is 1. The SMILES string of the molecule is CC(=O)N1c2ccc(-c3ccc(N4CCCC4=O)cc3)cc2NC[C@@]1(C)C(=O)C1CCC1. The summed E-state index contributed by atoms with van der Waals surface area (Å²) in [4.78, 5) is 41.4. The van der Waals surface area contributed by atoms with Gasteiger partial charge in [-0.25, -0.2) is 0 Å². The molecule has 2 aliphatic heterocycles. The summed E-state index contributed by atoms with van der Waals surface area (Å²) >= 11 is 0. The van der Waals surface area contributed by atoms with Crippen molar-refractivity contribution in [2.75, 3.05) is 28.2 Å². The summed E-state index contributed by atoms with van der Waals surface area (Å²) in [5, 5.41) is 3.43. The lowest BCUT2D eigenvalue weighted by Crippen LogP contribution is -2.63. The smallest absolute Gasteiger partial charge is 0.227 e. The first-order valence-corrected chi connectivity index (χ1v) is 11.5. The van der Waals surface area contributed by atoms with Gasteiger partial charge in [-0.15, -0.1) is 0 Å². The first-order valence-electron chi connectivity index (χ1n) is 11.5. The molecule has 2 amide bonds. The highest BCUT2D eigenvalue weighted by atomic mass is 16.2. The molecule has 0 spiro atoms. The van der Waals surface area contributed by atoms with E-state index in [4.69, 9.17) is 0 Å². The second-order valence-corrected chi connectivity index (χ2v) is 9.40. The van der Waals surface area contributed by atoms with Crippen LogP contribution in [0.5, 0.6) is 0 Å². The number of nitrogens with zero attached hydrogens (tertiary/aromatic N) is 2. The maximum Gasteiger partial charge on any atom is 0.227 e. The average molecular weight is 432 g/mol. The van der Waals surface area contributed by atoms with E-state index in [1.165, 1.54) is 6.92 Å². The zero-order chi connectivity index (χ0) is 22.5. The molecule has 1 saturated heterocycles. The Bertz CT molecular complexity index is 1090. The monoisotopic (exact) mass is 431 g/mol. The van der Waals surface area contributed by atoms with Crippen molar-refractivity contribution in [3.8, 4) is 11.1 Å². The Morgan fingerprint density at radius 1 is 1.03 bits per heavy atom. The van der Waals surface area contributed by atoms with E-state index >= 15 is 0 Å². The van der Waals surface area contributed by atoms with Crippen LogP contribution in [0.3, 0.4) is 0 Å². The fourth-order valence-electron chi connectivity index (χ4n) is 5.24. The van der Waals surface area contributed by atoms with Gasteiger partial charge < -0.3 is 10.2 Å². The fraction of sp³-hybridized carbons (Fsp3) is 0.423. The van der Waals surface area contributed by atoms with Gasteiger partial charge in [0, 0.05) is 38.0 Å². The Labute approximate surface area is 188 Å². The lowest BCUT2D eigenvalue weighted by molar-refractivity contribution is -0.132. The maximum atomic E-state index is 13.2. The lowest BCUT2D eigenvalue weighted by Gasteiger charge is -2.47. The van der Waals surface area contributed by atoms with Crippen molar-refractivity contribution in [2.45, 2.75) is 51.5 Å². The molecule has 1 aliphatic carbocycles. The second kappa shape index (κ2) is 7.76. The molecule has 166 valence electrons. The summed E-state index contributed by atoms with van der Waals surface area (Å²) in [6.07, 6.45) is 4.46. The van der Waals surface area contributed by atoms with Crippen LogP contribution in [0.25, 0.3) is 11.1 Å². The molecule has 6 heteroatoms. The molecule has 5 rings (SSSR count). The van der Waals surface area contributed by atoms with Crippen LogP contribution in [-0.2, 0) is 14.4 Å². The Balaban J connectivity index is 1.44. The van der Waals surface area contributed by atoms with Crippen LogP contribution in [-0.4, -0.2) is 36.2 Å². The van der Waals surface area contributed by atoms with Gasteiger partial charge in [0.1, 0.15) is 5.54 Å². The molecule has 0 radical (unpaired) electrons. The van der Waals surface area contributed by atoms with E-state index in [-0.39, 0.29) is 23.5 Å². The third-order valence-corrected chi connectivity index (χ3v) is 7.26. The highest BCUT2D eigenvalue weighted by Crippen LogP contribution is 2.42. The van der Waals surface area contributed by atoms with E-state index in [9.17, 15) is 14.4 Å². The second-order valence-electron chi connectivity index (χ2n) is 9.40. The van der Waals surface area contributed by atoms with Crippen molar-refractivity contribution in [1.82, 2.24) is 0 Å². The summed E-state index contributed by atoms with van der Waals surface area (Å²) in [5.74, 6) is 0.286. The van der Waals surface area contributed by atoms with Gasteiger partial charge in [0.15, 0.2) is 5.78 Å². The third-order valence-electron chi connectivity index (χ3n) is 7.26. The summed E-state index contributed by atoms with van der Waals surface area (Å²) < 4.78 is 0. The first kappa shape index (κ1) is 20.7. The Morgan fingerprint density at radius 3 is 2.34 bits per heavy atom. The zero-order valence-corrected chi connectivity index (χ0v) is 18.7. The standard InChI is InChI=1S/C26H29N3O3/c1-17(30)29-23-13-10-20(18-8-11-21(12-9-18)28-14-4-7-24(28)31)15-22(23)27-16-26(29,2)25(32)19-5-3-6-19/h8-13,15,19,27H,3-7,14,16H2,1-2H3/t26-/m0/s1. The van der Waals surface area contributed by atoms with Gasteiger partial charge in [-0.05, 0) is 61.6 Å². The Morgan fingerprint density at radius 2 is 1.75 bits per heavy atom. The van der Waals surface area contributed by atoms with Crippen molar-refractivity contribution in [3.63, 3.8) is 0 Å². The summed E-state index contributed by atoms with van der Waals surface area (Å²) in [6.45, 7) is 4.61. The molecular formula is C26H29N3O3. The van der Waals surface area contributed by atoms with E-state index in [0.717, 1.165) is 60.4 Å². The van der Waals surface area contributed by atoms with Gasteiger partial charge in [-0.1, -0.05) is 24.6 Å². The minimum Gasteiger partial charge on any atom is -0.381 e. The van der Waals surface area contributed by atoms with Gasteiger partial charge in [-0.3, -0.25) is 19.3 Å². The van der Waals surface area contributed by atoms with E-state index in [1.807, 2.05) is 54.3 Å². The molecular weight excluding hydrogens is 402 g/mol. The third kappa shape index (κ3) is 3.29. The van der Waals surface area contributed by atoms with Crippen molar-refractivity contribution >= 4 is 34.7 Å². The number of rotatable bonds is 4. The van der Waals surface area contributed by atoms with Crippen LogP contribution >= 0.6 is 0 Å². The molecule has 32 heavy (non-hydrogen) atoms. The van der Waals surface area contributed by atoms with Crippen molar-refractivity contribution in [3.05, 3.63) is 42.5 Å². The summed E-state index contributed by atoms with van der Waals surface area (Å²) in [6, 6.07) is 14.0. The van der Waals surface area contributed by atoms with Crippen LogP contribution in [0.15, 0.2) is 42.5 Å². The summed E-state index contributed by atoms with van der Waals surface area (Å²) in [5.41, 5.74) is 3.74. The highest BCUT2D eigenvalue weighted by Gasteiger charge is 2.48. The number of nitrogens with one attached hydrogen (secondary N) is 1. The first-order chi connectivity index (χ1) is 15.4. The normalized spacial score (nSPS) is 22.9. The number of benzene rings is 2. The Kier molecular flexibility index (Phi) is 5.03. The molecule has 0 bridgehead atoms. The van der Waals surface area contributed by atoms with Crippen molar-refractivity contribution in [1.29, 1.82) is 0 Å². The van der Waals surface area contributed by atoms with Gasteiger partial charge in [0.2, 0.25) is 11.8 Å². The molecule has 3 aliphatic rings. The molecule has 0 unspecified atom stereocenters. The number of anilines is 3. The number of hydrogen-bond acceptors (Lipinski definition) is 4. The Hall–Kier alpha value is -3.15. The number of Topliss-reactive ketones (excluding diaryl/α,β-unsaturated/α-hetero) is 1. The van der Waals surface area contributed by atoms with Crippen LogP contribution in [0.4, 0.5) is 17.1 Å². The number of amides is 2. The molecule has 2 aromatic carbocycles. The number of hydrogen-bond donors (Lipinski definition) is 1. The van der Waals surface area contributed by atoms with Gasteiger partial charge in [0.05, 0.1) is 11.4 Å². The molecule has 1 saturated carbocycles. The molecule has 2 aromatic rings. The quantitative estimate of drug-likeness (QED) is 0.780. The molecule has 2 fully saturated rings. The van der Waals surface area contributed by atoms with Crippen LogP contribution in [0, 0.1) is 5.92 Å². The zero-order valence-electron chi connectivity index (χ0n) is 18.7. The number of carbonyl (C=O) groups excluding carboxylic acids is 3. The largest absolute Gasteiger partial charge is 0.381 e. The minimum atomic E-state index is -0.866. The number of fused-ring (bicyclic) bond motifs is 1. The number of carbonyl (C=O) groups is 3. The predicted molar refractivity (Wildman–Crippen MR) is 126 cm³/mol. The fourth-order valence-corrected chi connectivity index (χ4v) is 5.24. The lowest BCUT2D eigenvalue weighted by atomic mass is 9.73. The van der Waals surface area contributed by atoms with Crippen molar-refractivity contribution < 1.29 is 14.4 Å². The van der Waals surface area contributed by atoms with Gasteiger partial charge >= 0.3 is 0 Å². The van der Waals surface area contributed by atoms with E-state index in [1.54, 1.807) is 4.90 Å². The molecule has 1 atom stereocenters. The maximum absolute atomic E-state index is 13.2. The molecule has 0 aromatic heterocycles. The van der Waals surface area contributed by atoms with Gasteiger partial charge in [0.25, 0.3) is 0 Å². The summed E-state index contributed by atoms with van der Waals surface area (Å²) in [7, 11) is 0. The van der Waals surface area contributed by atoms with Crippen molar-refractivity contribution in [2.24, 2.45) is 5.92 Å². The van der Waals surface area contributed by atoms with Crippen LogP contribution in [0.2, 0.25) is 0 Å². The molecule has 6 nitrogen and oxygen atoms in total. The van der Waals surface area contributed by atoms with E-state index in [2.05, 4.69) is 5.32 Å². The molecule has 1 N–H and O–H groups in total.